The summed E-state index contributed by atoms with van der Waals surface area (Å²) in [6.45, 7) is 4.10. The molecule has 0 spiro atoms. The van der Waals surface area contributed by atoms with Crippen LogP contribution in [0.25, 0.3) is 0 Å². The van der Waals surface area contributed by atoms with E-state index in [-0.39, 0.29) is 10.9 Å². The highest BCUT2D eigenvalue weighted by atomic mass is 32.2. The lowest BCUT2D eigenvalue weighted by Crippen LogP contribution is -2.46. The second kappa shape index (κ2) is 5.95. The van der Waals surface area contributed by atoms with Crippen LogP contribution in [0.4, 0.5) is 0 Å². The van der Waals surface area contributed by atoms with Gasteiger partial charge in [-0.3, -0.25) is 0 Å². The van der Waals surface area contributed by atoms with Crippen LogP contribution in [-0.4, -0.2) is 44.4 Å². The van der Waals surface area contributed by atoms with Gasteiger partial charge in [-0.25, -0.2) is 0 Å². The monoisotopic (exact) mass is 326 g/mol. The average Bonchev–Trinajstić information content (AvgIpc) is 2.59. The van der Waals surface area contributed by atoms with E-state index < -0.39 is 0 Å². The van der Waals surface area contributed by atoms with Gasteiger partial charge in [-0.1, -0.05) is 24.0 Å². The van der Waals surface area contributed by atoms with Gasteiger partial charge in [0.1, 0.15) is 9.07 Å². The van der Waals surface area contributed by atoms with Crippen LogP contribution in [0.5, 0.6) is 0 Å². The third-order valence-corrected chi connectivity index (χ3v) is 5.74. The van der Waals surface area contributed by atoms with Crippen molar-refractivity contribution >= 4 is 46.3 Å². The number of thiocarbonyl (C=S) groups is 1. The second-order valence-electron chi connectivity index (χ2n) is 5.22. The molecule has 0 radical (unpaired) electrons. The molecule has 20 heavy (non-hydrogen) atoms. The lowest BCUT2D eigenvalue weighted by atomic mass is 10.1. The van der Waals surface area contributed by atoms with Gasteiger partial charge in [-0.15, -0.1) is 11.8 Å². The van der Waals surface area contributed by atoms with Crippen molar-refractivity contribution in [3.63, 3.8) is 0 Å². The Hall–Kier alpha value is -0.720. The Morgan fingerprint density at radius 3 is 2.45 bits per heavy atom. The van der Waals surface area contributed by atoms with E-state index in [1.54, 1.807) is 29.7 Å². The van der Waals surface area contributed by atoms with Crippen LogP contribution in [0.15, 0.2) is 29.2 Å². The minimum atomic E-state index is -0.278. The normalized spacial score (nSPS) is 22.4. The Morgan fingerprint density at radius 2 is 2.00 bits per heavy atom. The molecule has 0 amide bonds. The Kier molecular flexibility index (Phi) is 4.66. The van der Waals surface area contributed by atoms with Crippen molar-refractivity contribution in [2.75, 3.05) is 13.3 Å². The number of thioether (sulfide) groups is 2. The zero-order chi connectivity index (χ0) is 14.9. The molecule has 1 saturated heterocycles. The van der Waals surface area contributed by atoms with Crippen molar-refractivity contribution < 1.29 is 4.74 Å². The summed E-state index contributed by atoms with van der Waals surface area (Å²) in [5, 5.41) is 12.5. The summed E-state index contributed by atoms with van der Waals surface area (Å²) >= 11 is 8.56. The van der Waals surface area contributed by atoms with Gasteiger partial charge in [-0.05, 0) is 44.4 Å². The summed E-state index contributed by atoms with van der Waals surface area (Å²) in [6, 6.07) is 7.97. The molecule has 0 N–H and O–H groups in total. The van der Waals surface area contributed by atoms with Crippen LogP contribution in [-0.2, 0) is 0 Å². The van der Waals surface area contributed by atoms with E-state index in [1.807, 2.05) is 56.3 Å². The molecule has 0 aliphatic carbocycles. The van der Waals surface area contributed by atoms with Gasteiger partial charge in [-0.2, -0.15) is 4.74 Å². The van der Waals surface area contributed by atoms with Gasteiger partial charge in [0.2, 0.25) is 0 Å². The Balaban J connectivity index is 2.27. The maximum atomic E-state index is 12.5. The largest absolute Gasteiger partial charge is 0.622 e. The molecule has 2 rings (SSSR count). The van der Waals surface area contributed by atoms with Crippen molar-refractivity contribution in [1.29, 1.82) is 0 Å². The van der Waals surface area contributed by atoms with E-state index in [9.17, 15) is 5.21 Å². The van der Waals surface area contributed by atoms with Crippen LogP contribution in [0.3, 0.4) is 0 Å². The van der Waals surface area contributed by atoms with E-state index in [4.69, 9.17) is 12.2 Å². The quantitative estimate of drug-likeness (QED) is 0.212. The molecular formula is C14H18N2OS3. The summed E-state index contributed by atoms with van der Waals surface area (Å²) < 4.78 is 1.57. The molecule has 1 unspecified atom stereocenters. The van der Waals surface area contributed by atoms with E-state index in [0.717, 1.165) is 14.6 Å². The first-order valence-electron chi connectivity index (χ1n) is 6.25. The number of benzene rings is 1. The SMILES string of the molecule is CSc1ccc(C=[N+]([O-])C2N(C)C(=S)SC2(C)C)cc1. The number of nitrogens with zero attached hydrogens (tertiary/aromatic N) is 2. The standard InChI is InChI=1S/C14H18N2OS3/c1-14(2)12(15(3)13(18)20-14)16(17)9-10-5-7-11(19-4)8-6-10/h5-9,12H,1-4H3. The fourth-order valence-electron chi connectivity index (χ4n) is 2.30. The molecule has 1 aliphatic heterocycles. The summed E-state index contributed by atoms with van der Waals surface area (Å²) in [5.41, 5.74) is 0.907. The van der Waals surface area contributed by atoms with Gasteiger partial charge in [0.25, 0.3) is 6.17 Å². The van der Waals surface area contributed by atoms with Crippen LogP contribution >= 0.6 is 35.7 Å². The van der Waals surface area contributed by atoms with Gasteiger partial charge < -0.3 is 10.1 Å². The number of hydrogen-bond donors (Lipinski definition) is 0. The molecule has 6 heteroatoms. The highest BCUT2D eigenvalue weighted by Crippen LogP contribution is 2.40. The predicted octanol–water partition coefficient (Wildman–Crippen LogP) is 3.41. The molecule has 1 aliphatic rings. The molecule has 3 nitrogen and oxygen atoms in total. The molecule has 108 valence electrons. The van der Waals surface area contributed by atoms with Crippen LogP contribution < -0.4 is 0 Å². The van der Waals surface area contributed by atoms with Crippen LogP contribution in [0.1, 0.15) is 19.4 Å². The Bertz CT molecular complexity index is 540. The average molecular weight is 327 g/mol. The highest BCUT2D eigenvalue weighted by molar-refractivity contribution is 8.24. The van der Waals surface area contributed by atoms with Gasteiger partial charge >= 0.3 is 0 Å². The fourth-order valence-corrected chi connectivity index (χ4v) is 4.51. The maximum absolute atomic E-state index is 12.5. The minimum Gasteiger partial charge on any atom is -0.622 e. The van der Waals surface area contributed by atoms with Crippen LogP contribution in [0.2, 0.25) is 0 Å². The maximum Gasteiger partial charge on any atom is 0.254 e. The first-order valence-corrected chi connectivity index (χ1v) is 8.70. The van der Waals surface area contributed by atoms with Crippen molar-refractivity contribution in [3.05, 3.63) is 35.0 Å². The first kappa shape index (κ1) is 15.7. The van der Waals surface area contributed by atoms with Gasteiger partial charge in [0.05, 0.1) is 0 Å². The van der Waals surface area contributed by atoms with Gasteiger partial charge in [0, 0.05) is 17.5 Å². The topological polar surface area (TPSA) is 29.3 Å². The summed E-state index contributed by atoms with van der Waals surface area (Å²) in [7, 11) is 1.88. The zero-order valence-corrected chi connectivity index (χ0v) is 14.4. The third kappa shape index (κ3) is 3.13. The summed E-state index contributed by atoms with van der Waals surface area (Å²) in [4.78, 5) is 3.06. The van der Waals surface area contributed by atoms with Crippen molar-refractivity contribution in [3.8, 4) is 0 Å². The van der Waals surface area contributed by atoms with Crippen LogP contribution in [0, 0.1) is 5.21 Å². The second-order valence-corrected chi connectivity index (χ2v) is 8.39. The summed E-state index contributed by atoms with van der Waals surface area (Å²) in [5.74, 6) is 0. The molecule has 1 heterocycles. The van der Waals surface area contributed by atoms with Crippen molar-refractivity contribution in [2.24, 2.45) is 0 Å². The first-order chi connectivity index (χ1) is 9.35. The molecule has 1 aromatic rings. The van der Waals surface area contributed by atoms with E-state index in [2.05, 4.69) is 0 Å². The molecule has 1 aromatic carbocycles. The molecule has 0 aromatic heterocycles. The van der Waals surface area contributed by atoms with Gasteiger partial charge in [0.15, 0.2) is 6.21 Å². The Labute approximate surface area is 134 Å². The minimum absolute atomic E-state index is 0.219. The predicted molar refractivity (Wildman–Crippen MR) is 92.8 cm³/mol. The van der Waals surface area contributed by atoms with E-state index >= 15 is 0 Å². The Morgan fingerprint density at radius 1 is 1.40 bits per heavy atom. The highest BCUT2D eigenvalue weighted by Gasteiger charge is 2.48. The van der Waals surface area contributed by atoms with Crippen molar-refractivity contribution in [1.82, 2.24) is 4.90 Å². The molecule has 1 atom stereocenters. The lowest BCUT2D eigenvalue weighted by molar-refractivity contribution is -0.522. The van der Waals surface area contributed by atoms with Crippen molar-refractivity contribution in [2.45, 2.75) is 29.7 Å². The molecule has 0 saturated carbocycles. The lowest BCUT2D eigenvalue weighted by Gasteiger charge is -2.27. The fraction of sp³-hybridized carbons (Fsp3) is 0.429. The van der Waals surface area contributed by atoms with E-state index in [0.29, 0.717) is 0 Å². The third-order valence-electron chi connectivity index (χ3n) is 3.26. The summed E-state index contributed by atoms with van der Waals surface area (Å²) in [6.07, 6.45) is 3.40. The zero-order valence-electron chi connectivity index (χ0n) is 12.0. The number of hydrogen-bond acceptors (Lipinski definition) is 4. The number of hydroxylamine groups is 1. The number of rotatable bonds is 3. The van der Waals surface area contributed by atoms with E-state index in [1.165, 1.54) is 4.90 Å². The molecular weight excluding hydrogens is 308 g/mol. The molecule has 1 fully saturated rings. The smallest absolute Gasteiger partial charge is 0.254 e. The molecule has 0 bridgehead atoms.